The molecule has 0 bridgehead atoms. The average molecular weight is 823 g/mol. The Morgan fingerprint density at radius 2 is 0.667 bits per heavy atom. The van der Waals surface area contributed by atoms with Crippen molar-refractivity contribution in [2.24, 2.45) is 0 Å². The van der Waals surface area contributed by atoms with E-state index in [0.29, 0.717) is 19.3 Å². The highest BCUT2D eigenvalue weighted by molar-refractivity contribution is 5.76. The zero-order chi connectivity index (χ0) is 44.4. The number of Topliss-reactive ketones (excluding diaryl/α,β-unsaturated/α-hetero) is 3. The summed E-state index contributed by atoms with van der Waals surface area (Å²) in [6, 6.07) is 25.6. The van der Waals surface area contributed by atoms with Gasteiger partial charge in [-0.2, -0.15) is 0 Å². The van der Waals surface area contributed by atoms with Crippen LogP contribution in [0.4, 0.5) is 0 Å². The van der Waals surface area contributed by atoms with Crippen molar-refractivity contribution in [1.29, 1.82) is 0 Å². The lowest BCUT2D eigenvalue weighted by atomic mass is 10.0. The molecule has 0 fully saturated rings. The predicted octanol–water partition coefficient (Wildman–Crippen LogP) is 13.3. The number of hydrogen-bond donors (Lipinski definition) is 0. The molecule has 3 atom stereocenters. The first-order chi connectivity index (χ1) is 29.0. The molecular formula is C54H78O6. The molecule has 0 aliphatic heterocycles. The van der Waals surface area contributed by atoms with E-state index in [0.717, 1.165) is 63.4 Å². The van der Waals surface area contributed by atoms with Crippen LogP contribution in [0.15, 0.2) is 92.5 Å². The summed E-state index contributed by atoms with van der Waals surface area (Å²) < 4.78 is 16.0. The highest BCUT2D eigenvalue weighted by Crippen LogP contribution is 2.16. The second-order valence-corrected chi connectivity index (χ2v) is 15.9. The Balaban J connectivity index is 0.000000452. The lowest BCUT2D eigenvalue weighted by molar-refractivity contribution is -0.120. The number of benzene rings is 3. The number of methoxy groups -OCH3 is 3. The molecule has 3 unspecified atom stereocenters. The van der Waals surface area contributed by atoms with Crippen LogP contribution in [0, 0.1) is 0 Å². The zero-order valence-electron chi connectivity index (χ0n) is 38.2. The van der Waals surface area contributed by atoms with Crippen LogP contribution in [-0.2, 0) is 47.9 Å². The van der Waals surface area contributed by atoms with Crippen molar-refractivity contribution in [3.05, 3.63) is 126 Å². The summed E-state index contributed by atoms with van der Waals surface area (Å²) in [5.41, 5.74) is 7.60. The minimum atomic E-state index is 0.0648. The molecule has 0 heterocycles. The van der Waals surface area contributed by atoms with Gasteiger partial charge in [-0.15, -0.1) is 0 Å². The van der Waals surface area contributed by atoms with Crippen LogP contribution in [-0.4, -0.2) is 57.0 Å². The van der Waals surface area contributed by atoms with Crippen LogP contribution in [0.1, 0.15) is 150 Å². The van der Waals surface area contributed by atoms with Gasteiger partial charge < -0.3 is 14.2 Å². The molecular weight excluding hydrogens is 745 g/mol. The summed E-state index contributed by atoms with van der Waals surface area (Å²) in [5, 5.41) is 0. The fourth-order valence-corrected chi connectivity index (χ4v) is 6.98. The van der Waals surface area contributed by atoms with E-state index in [1.165, 1.54) is 66.3 Å². The molecule has 0 saturated carbocycles. The van der Waals surface area contributed by atoms with Crippen molar-refractivity contribution in [1.82, 2.24) is 0 Å². The van der Waals surface area contributed by atoms with Gasteiger partial charge in [-0.3, -0.25) is 14.4 Å². The Morgan fingerprint density at radius 1 is 0.417 bits per heavy atom. The molecule has 330 valence electrons. The molecule has 6 heteroatoms. The molecule has 3 rings (SSSR count). The third-order valence-electron chi connectivity index (χ3n) is 10.7. The molecule has 0 N–H and O–H groups in total. The number of aryl methyl sites for hydroxylation is 3. The third-order valence-corrected chi connectivity index (χ3v) is 10.7. The molecule has 0 spiro atoms. The van der Waals surface area contributed by atoms with E-state index in [9.17, 15) is 14.4 Å². The van der Waals surface area contributed by atoms with E-state index in [4.69, 9.17) is 14.2 Å². The number of unbranched alkanes of at least 4 members (excludes halogenated alkanes) is 6. The number of ether oxygens (including phenoxy) is 3. The number of carbonyl (C=O) groups excluding carboxylic acids is 3. The zero-order valence-corrected chi connectivity index (χ0v) is 38.2. The van der Waals surface area contributed by atoms with E-state index in [1.807, 2.05) is 18.2 Å². The molecule has 0 aromatic heterocycles. The number of rotatable bonds is 30. The third kappa shape index (κ3) is 27.5. The van der Waals surface area contributed by atoms with Gasteiger partial charge in [-0.05, 0) is 112 Å². The van der Waals surface area contributed by atoms with Gasteiger partial charge >= 0.3 is 0 Å². The topological polar surface area (TPSA) is 78.9 Å². The minimum Gasteiger partial charge on any atom is -0.381 e. The van der Waals surface area contributed by atoms with Crippen LogP contribution in [0.5, 0.6) is 0 Å². The van der Waals surface area contributed by atoms with Crippen molar-refractivity contribution in [2.45, 2.75) is 155 Å². The molecule has 0 amide bonds. The lowest BCUT2D eigenvalue weighted by Gasteiger charge is -2.13. The SMILES string of the molecule is C=Cc1ccc(CCCC(CC(C)=O)OC)cc1.C=Cc1ccc(CCCCCC(CC(C)=O)OC)cc1.C=Cc1ccc(CCCCCCCC(CC(C)=O)OC)cc1. The smallest absolute Gasteiger partial charge is 0.132 e. The highest BCUT2D eigenvalue weighted by atomic mass is 16.5. The van der Waals surface area contributed by atoms with E-state index in [-0.39, 0.29) is 35.7 Å². The van der Waals surface area contributed by atoms with E-state index in [1.54, 1.807) is 42.1 Å². The van der Waals surface area contributed by atoms with Crippen LogP contribution in [0.2, 0.25) is 0 Å². The van der Waals surface area contributed by atoms with Crippen molar-refractivity contribution in [2.75, 3.05) is 21.3 Å². The van der Waals surface area contributed by atoms with Gasteiger partial charge in [0.15, 0.2) is 0 Å². The fraction of sp³-hybridized carbons (Fsp3) is 0.500. The molecule has 0 saturated heterocycles. The van der Waals surface area contributed by atoms with Crippen LogP contribution in [0.25, 0.3) is 18.2 Å². The fourth-order valence-electron chi connectivity index (χ4n) is 6.98. The molecule has 60 heavy (non-hydrogen) atoms. The van der Waals surface area contributed by atoms with Gasteiger partial charge in [0.05, 0.1) is 18.3 Å². The summed E-state index contributed by atoms with van der Waals surface area (Å²) in [7, 11) is 5.06. The van der Waals surface area contributed by atoms with Gasteiger partial charge in [0.25, 0.3) is 0 Å². The van der Waals surface area contributed by atoms with Crippen LogP contribution >= 0.6 is 0 Å². The first-order valence-electron chi connectivity index (χ1n) is 22.2. The summed E-state index contributed by atoms with van der Waals surface area (Å²) >= 11 is 0. The van der Waals surface area contributed by atoms with Gasteiger partial charge in [-0.25, -0.2) is 0 Å². The summed E-state index contributed by atoms with van der Waals surface area (Å²) in [4.78, 5) is 33.2. The average Bonchev–Trinajstić information content (AvgIpc) is 3.25. The monoisotopic (exact) mass is 823 g/mol. The quantitative estimate of drug-likeness (QED) is 0.0623. The Hall–Kier alpha value is -4.23. The predicted molar refractivity (Wildman–Crippen MR) is 254 cm³/mol. The molecule has 6 nitrogen and oxygen atoms in total. The maximum Gasteiger partial charge on any atom is 0.132 e. The maximum atomic E-state index is 11.1. The number of carbonyl (C=O) groups is 3. The summed E-state index contributed by atoms with van der Waals surface area (Å²) in [5.74, 6) is 0.616. The highest BCUT2D eigenvalue weighted by Gasteiger charge is 2.11. The van der Waals surface area contributed by atoms with Gasteiger partial charge in [0, 0.05) is 40.6 Å². The van der Waals surface area contributed by atoms with Crippen molar-refractivity contribution < 1.29 is 28.6 Å². The molecule has 0 aliphatic rings. The van der Waals surface area contributed by atoms with E-state index >= 15 is 0 Å². The van der Waals surface area contributed by atoms with Crippen LogP contribution < -0.4 is 0 Å². The van der Waals surface area contributed by atoms with Gasteiger partial charge in [0.1, 0.15) is 17.3 Å². The first kappa shape index (κ1) is 53.8. The van der Waals surface area contributed by atoms with E-state index < -0.39 is 0 Å². The second kappa shape index (κ2) is 34.5. The molecule has 0 radical (unpaired) electrons. The number of hydrogen-bond acceptors (Lipinski definition) is 6. The minimum absolute atomic E-state index is 0.0648. The maximum absolute atomic E-state index is 11.1. The largest absolute Gasteiger partial charge is 0.381 e. The Labute approximate surface area is 364 Å². The Kier molecular flexibility index (Phi) is 30.9. The summed E-state index contributed by atoms with van der Waals surface area (Å²) in [6.07, 6.45) is 24.4. The van der Waals surface area contributed by atoms with Crippen LogP contribution in [0.3, 0.4) is 0 Å². The Bertz CT molecular complexity index is 1610. The number of ketones is 3. The van der Waals surface area contributed by atoms with Gasteiger partial charge in [-0.1, -0.05) is 149 Å². The normalized spacial score (nSPS) is 12.1. The van der Waals surface area contributed by atoms with Crippen molar-refractivity contribution in [3.8, 4) is 0 Å². The second-order valence-electron chi connectivity index (χ2n) is 15.9. The molecule has 0 aliphatic carbocycles. The standard InChI is InChI=1S/C20H30O2.C18H26O2.C16H22O2/c1-4-18-12-14-19(15-13-18)10-8-6-5-7-9-11-20(22-3)16-17(2)21;1-4-16-10-12-17(13-11-16)8-6-5-7-9-18(20-3)14-15(2)19;1-4-14-8-10-15(11-9-14)6-5-7-16(18-3)12-13(2)17/h4,12-15,20H,1,5-11,16H2,2-3H3;4,10-13,18H,1,5-9,14H2,2-3H3;4,8-11,16H,1,5-7,12H2,2-3H3. The van der Waals surface area contributed by atoms with Crippen molar-refractivity contribution >= 4 is 35.6 Å². The van der Waals surface area contributed by atoms with Crippen molar-refractivity contribution in [3.63, 3.8) is 0 Å². The first-order valence-corrected chi connectivity index (χ1v) is 22.2. The Morgan fingerprint density at radius 3 is 0.950 bits per heavy atom. The van der Waals surface area contributed by atoms with E-state index in [2.05, 4.69) is 92.5 Å². The summed E-state index contributed by atoms with van der Waals surface area (Å²) in [6.45, 7) is 16.1. The molecule has 3 aromatic carbocycles. The molecule has 3 aromatic rings. The lowest BCUT2D eigenvalue weighted by Crippen LogP contribution is -2.14. The van der Waals surface area contributed by atoms with Gasteiger partial charge in [0.2, 0.25) is 0 Å².